The first kappa shape index (κ1) is 12.8. The summed E-state index contributed by atoms with van der Waals surface area (Å²) in [6, 6.07) is 0.809. The zero-order valence-corrected chi connectivity index (χ0v) is 10.5. The minimum Gasteiger partial charge on any atom is -0.300 e. The van der Waals surface area contributed by atoms with E-state index in [2.05, 4.69) is 31.4 Å². The Hall–Kier alpha value is -0.300. The van der Waals surface area contributed by atoms with E-state index in [0.29, 0.717) is 5.92 Å². The third-order valence-electron chi connectivity index (χ3n) is 3.58. The average molecular weight is 209 g/mol. The molecule has 1 heterocycles. The molecule has 1 nitrogen and oxygen atoms in total. The third-order valence-corrected chi connectivity index (χ3v) is 3.58. The van der Waals surface area contributed by atoms with Crippen molar-refractivity contribution in [3.05, 3.63) is 12.7 Å². The van der Waals surface area contributed by atoms with E-state index in [-0.39, 0.29) is 0 Å². The van der Waals surface area contributed by atoms with E-state index < -0.39 is 0 Å². The molecule has 0 aromatic rings. The van der Waals surface area contributed by atoms with Gasteiger partial charge in [0, 0.05) is 6.04 Å². The van der Waals surface area contributed by atoms with Crippen molar-refractivity contribution < 1.29 is 0 Å². The maximum Gasteiger partial charge on any atom is 0.0101 e. The van der Waals surface area contributed by atoms with Crippen LogP contribution in [0.25, 0.3) is 0 Å². The summed E-state index contributed by atoms with van der Waals surface area (Å²) in [4.78, 5) is 2.72. The lowest BCUT2D eigenvalue weighted by Gasteiger charge is -2.35. The van der Waals surface area contributed by atoms with Crippen molar-refractivity contribution in [2.45, 2.75) is 58.4 Å². The van der Waals surface area contributed by atoms with Gasteiger partial charge in [0.1, 0.15) is 0 Å². The zero-order valence-electron chi connectivity index (χ0n) is 10.5. The molecule has 0 amide bonds. The first-order valence-corrected chi connectivity index (χ1v) is 6.64. The fraction of sp³-hybridized carbons (Fsp3) is 0.857. The number of rotatable bonds is 6. The largest absolute Gasteiger partial charge is 0.300 e. The summed E-state index contributed by atoms with van der Waals surface area (Å²) in [7, 11) is 0. The summed E-state index contributed by atoms with van der Waals surface area (Å²) < 4.78 is 0. The second-order valence-electron chi connectivity index (χ2n) is 4.99. The van der Waals surface area contributed by atoms with Gasteiger partial charge in [0.25, 0.3) is 0 Å². The Kier molecular flexibility index (Phi) is 6.00. The first-order valence-electron chi connectivity index (χ1n) is 6.64. The summed E-state index contributed by atoms with van der Waals surface area (Å²) in [6.07, 6.45) is 10.3. The average Bonchev–Trinajstić information content (AvgIpc) is 2.29. The van der Waals surface area contributed by atoms with Crippen LogP contribution in [0, 0.1) is 5.92 Å². The standard InChI is InChI=1S/C14H27N/c1-4-9-14(12-13(3)5-2)15-10-7-6-8-11-15/h5,13-14H,2,4,6-12H2,1,3H3. The molecule has 0 aromatic heterocycles. The molecule has 0 aromatic carbocycles. The lowest BCUT2D eigenvalue weighted by molar-refractivity contribution is 0.139. The van der Waals surface area contributed by atoms with E-state index in [0.717, 1.165) is 6.04 Å². The molecule has 0 saturated carbocycles. The number of likely N-dealkylation sites (tertiary alicyclic amines) is 1. The predicted octanol–water partition coefficient (Wildman–Crippen LogP) is 3.85. The van der Waals surface area contributed by atoms with Crippen LogP contribution < -0.4 is 0 Å². The summed E-state index contributed by atoms with van der Waals surface area (Å²) in [5.74, 6) is 0.670. The van der Waals surface area contributed by atoms with E-state index in [9.17, 15) is 0 Å². The van der Waals surface area contributed by atoms with Gasteiger partial charge >= 0.3 is 0 Å². The lowest BCUT2D eigenvalue weighted by atomic mass is 9.95. The van der Waals surface area contributed by atoms with Crippen molar-refractivity contribution in [2.24, 2.45) is 5.92 Å². The first-order chi connectivity index (χ1) is 7.27. The van der Waals surface area contributed by atoms with Crippen molar-refractivity contribution in [3.8, 4) is 0 Å². The minimum atomic E-state index is 0.670. The Morgan fingerprint density at radius 1 is 1.27 bits per heavy atom. The van der Waals surface area contributed by atoms with E-state index in [1.54, 1.807) is 0 Å². The SMILES string of the molecule is C=CC(C)CC(CCC)N1CCCCC1. The Bertz CT molecular complexity index is 170. The Balaban J connectivity index is 2.43. The van der Waals surface area contributed by atoms with Crippen LogP contribution in [0.4, 0.5) is 0 Å². The summed E-state index contributed by atoms with van der Waals surface area (Å²) in [5.41, 5.74) is 0. The van der Waals surface area contributed by atoms with Crippen LogP contribution in [0.5, 0.6) is 0 Å². The number of hydrogen-bond acceptors (Lipinski definition) is 1. The van der Waals surface area contributed by atoms with Crippen LogP contribution in [0.3, 0.4) is 0 Å². The van der Waals surface area contributed by atoms with Gasteiger partial charge in [-0.25, -0.2) is 0 Å². The molecule has 1 heteroatoms. The number of hydrogen-bond donors (Lipinski definition) is 0. The Morgan fingerprint density at radius 3 is 2.47 bits per heavy atom. The van der Waals surface area contributed by atoms with Gasteiger partial charge < -0.3 is 4.90 Å². The highest BCUT2D eigenvalue weighted by atomic mass is 15.2. The predicted molar refractivity (Wildman–Crippen MR) is 68.1 cm³/mol. The number of nitrogens with zero attached hydrogens (tertiary/aromatic N) is 1. The molecule has 0 aliphatic carbocycles. The van der Waals surface area contributed by atoms with E-state index in [4.69, 9.17) is 0 Å². The summed E-state index contributed by atoms with van der Waals surface area (Å²) in [6.45, 7) is 11.1. The molecule has 0 bridgehead atoms. The zero-order chi connectivity index (χ0) is 11.1. The fourth-order valence-electron chi connectivity index (χ4n) is 2.59. The summed E-state index contributed by atoms with van der Waals surface area (Å²) >= 11 is 0. The van der Waals surface area contributed by atoms with Crippen LogP contribution in [-0.2, 0) is 0 Å². The molecule has 2 unspecified atom stereocenters. The van der Waals surface area contributed by atoms with Crippen molar-refractivity contribution in [3.63, 3.8) is 0 Å². The molecule has 0 spiro atoms. The van der Waals surface area contributed by atoms with Crippen LogP contribution in [0.2, 0.25) is 0 Å². The summed E-state index contributed by atoms with van der Waals surface area (Å²) in [5, 5.41) is 0. The highest BCUT2D eigenvalue weighted by Gasteiger charge is 2.20. The maximum atomic E-state index is 3.90. The number of piperidine rings is 1. The lowest BCUT2D eigenvalue weighted by Crippen LogP contribution is -2.39. The topological polar surface area (TPSA) is 3.24 Å². The van der Waals surface area contributed by atoms with Gasteiger partial charge in [-0.1, -0.05) is 32.8 Å². The highest BCUT2D eigenvalue weighted by molar-refractivity contribution is 4.83. The maximum absolute atomic E-state index is 3.90. The quantitative estimate of drug-likeness (QED) is 0.601. The van der Waals surface area contributed by atoms with Gasteiger partial charge in [-0.3, -0.25) is 0 Å². The minimum absolute atomic E-state index is 0.670. The molecule has 1 aliphatic heterocycles. The van der Waals surface area contributed by atoms with E-state index in [1.165, 1.54) is 51.6 Å². The van der Waals surface area contributed by atoms with Gasteiger partial charge in [0.2, 0.25) is 0 Å². The Labute approximate surface area is 95.5 Å². The van der Waals surface area contributed by atoms with Crippen molar-refractivity contribution in [1.82, 2.24) is 4.90 Å². The Morgan fingerprint density at radius 2 is 1.93 bits per heavy atom. The molecule has 1 saturated heterocycles. The molecule has 0 N–H and O–H groups in total. The van der Waals surface area contributed by atoms with E-state index in [1.807, 2.05) is 0 Å². The molecule has 0 radical (unpaired) electrons. The van der Waals surface area contributed by atoms with Gasteiger partial charge in [-0.15, -0.1) is 6.58 Å². The van der Waals surface area contributed by atoms with Crippen molar-refractivity contribution >= 4 is 0 Å². The van der Waals surface area contributed by atoms with Crippen LogP contribution in [-0.4, -0.2) is 24.0 Å². The fourth-order valence-corrected chi connectivity index (χ4v) is 2.59. The monoisotopic (exact) mass is 209 g/mol. The van der Waals surface area contributed by atoms with Crippen LogP contribution in [0.1, 0.15) is 52.4 Å². The molecule has 1 rings (SSSR count). The second kappa shape index (κ2) is 7.05. The third kappa shape index (κ3) is 4.38. The van der Waals surface area contributed by atoms with Gasteiger partial charge in [-0.2, -0.15) is 0 Å². The molecule has 2 atom stereocenters. The van der Waals surface area contributed by atoms with E-state index >= 15 is 0 Å². The van der Waals surface area contributed by atoms with Crippen LogP contribution >= 0.6 is 0 Å². The van der Waals surface area contributed by atoms with Crippen LogP contribution in [0.15, 0.2) is 12.7 Å². The molecular formula is C14H27N. The smallest absolute Gasteiger partial charge is 0.0101 e. The van der Waals surface area contributed by atoms with Crippen molar-refractivity contribution in [1.29, 1.82) is 0 Å². The molecule has 1 fully saturated rings. The van der Waals surface area contributed by atoms with Gasteiger partial charge in [-0.05, 0) is 44.7 Å². The van der Waals surface area contributed by atoms with Crippen molar-refractivity contribution in [2.75, 3.05) is 13.1 Å². The second-order valence-corrected chi connectivity index (χ2v) is 4.99. The van der Waals surface area contributed by atoms with Gasteiger partial charge in [0.15, 0.2) is 0 Å². The van der Waals surface area contributed by atoms with Gasteiger partial charge in [0.05, 0.1) is 0 Å². The molecular weight excluding hydrogens is 182 g/mol. The molecule has 88 valence electrons. The number of allylic oxidation sites excluding steroid dienone is 1. The molecule has 1 aliphatic rings. The normalized spacial score (nSPS) is 22.3. The molecule has 15 heavy (non-hydrogen) atoms. The highest BCUT2D eigenvalue weighted by Crippen LogP contribution is 2.21.